The summed E-state index contributed by atoms with van der Waals surface area (Å²) < 4.78 is 109. The lowest BCUT2D eigenvalue weighted by molar-refractivity contribution is 0.598. The molecule has 0 saturated carbocycles. The maximum atomic E-state index is 13.4. The highest BCUT2D eigenvalue weighted by molar-refractivity contribution is 7.92. The Morgan fingerprint density at radius 3 is 1.70 bits per heavy atom. The van der Waals surface area contributed by atoms with E-state index in [9.17, 15) is 8.42 Å². The molecule has 0 unspecified atom stereocenters. The molecule has 6 rings (SSSR count). The average Bonchev–Trinajstić information content (AvgIpc) is 3.23. The van der Waals surface area contributed by atoms with Crippen LogP contribution in [0.2, 0.25) is 0 Å². The predicted octanol–water partition coefficient (Wildman–Crippen LogP) is 5.69. The van der Waals surface area contributed by atoms with E-state index in [1.54, 1.807) is 24.3 Å². The molecule has 1 aliphatic rings. The number of rotatable bonds is 3. The normalized spacial score (nSPS) is 17.6. The van der Waals surface area contributed by atoms with E-state index in [-0.39, 0.29) is 21.2 Å². The van der Waals surface area contributed by atoms with Crippen LogP contribution in [0.3, 0.4) is 0 Å². The predicted molar refractivity (Wildman–Crippen MR) is 127 cm³/mol. The van der Waals surface area contributed by atoms with Gasteiger partial charge in [-0.25, -0.2) is 23.4 Å². The molecule has 0 radical (unpaired) electrons. The van der Waals surface area contributed by atoms with Gasteiger partial charge in [-0.1, -0.05) is 90.8 Å². The minimum Gasteiger partial charge on any atom is -0.218 e. The third-order valence-corrected chi connectivity index (χ3v) is 6.93. The van der Waals surface area contributed by atoms with Gasteiger partial charge in [0.05, 0.1) is 23.5 Å². The van der Waals surface area contributed by atoms with Crippen molar-refractivity contribution in [3.8, 4) is 45.3 Å². The molecule has 5 nitrogen and oxygen atoms in total. The van der Waals surface area contributed by atoms with E-state index in [0.717, 1.165) is 0 Å². The molecule has 1 aliphatic heterocycles. The first-order valence-electron chi connectivity index (χ1n) is 14.6. The third-order valence-electron chi connectivity index (χ3n) is 5.08. The van der Waals surface area contributed by atoms with E-state index < -0.39 is 93.0 Å². The molecule has 4 aromatic carbocycles. The molecule has 0 fully saturated rings. The number of hydrogen-bond acceptors (Lipinski definition) is 5. The number of hydrogen-bond donors (Lipinski definition) is 0. The van der Waals surface area contributed by atoms with Crippen LogP contribution in [-0.4, -0.2) is 23.4 Å². The molecular weight excluding hydrogens is 430 g/mol. The highest BCUT2D eigenvalue weighted by atomic mass is 32.2. The van der Waals surface area contributed by atoms with Gasteiger partial charge >= 0.3 is 0 Å². The van der Waals surface area contributed by atoms with E-state index in [4.69, 9.17) is 13.7 Å². The maximum Gasteiger partial charge on any atom is 0.207 e. The van der Waals surface area contributed by atoms with Gasteiger partial charge in [-0.3, -0.25) is 0 Å². The average molecular weight is 458 g/mol. The van der Waals surface area contributed by atoms with Gasteiger partial charge in [0.15, 0.2) is 17.5 Å². The SMILES string of the molecule is [2H]c1c([2H])c([2H])c(-c2nc(-c3ccc4c(c3)S(=O)(=O)c3ccccc3-4)nc(-c3c([2H])c([2H])c([2H])c([2H])c3[2H])n2)c([2H])c1[2H]. The molecule has 1 aromatic heterocycles. The first-order valence-corrected chi connectivity index (χ1v) is 11.1. The van der Waals surface area contributed by atoms with Gasteiger partial charge in [0.1, 0.15) is 0 Å². The van der Waals surface area contributed by atoms with E-state index in [0.29, 0.717) is 11.1 Å². The Balaban J connectivity index is 1.68. The zero-order chi connectivity index (χ0) is 31.1. The van der Waals surface area contributed by atoms with Crippen molar-refractivity contribution in [3.63, 3.8) is 0 Å². The van der Waals surface area contributed by atoms with Crippen LogP contribution in [-0.2, 0) is 9.84 Å². The summed E-state index contributed by atoms with van der Waals surface area (Å²) in [6, 6.07) is 4.40. The van der Waals surface area contributed by atoms with Crippen molar-refractivity contribution in [1.29, 1.82) is 0 Å². The minimum absolute atomic E-state index is 0.0275. The Labute approximate surface area is 205 Å². The smallest absolute Gasteiger partial charge is 0.207 e. The molecule has 0 amide bonds. The molecule has 0 N–H and O–H groups in total. The summed E-state index contributed by atoms with van der Waals surface area (Å²) in [6.07, 6.45) is 0. The second-order valence-corrected chi connectivity index (χ2v) is 8.90. The monoisotopic (exact) mass is 457 g/mol. The molecule has 0 saturated heterocycles. The molecule has 33 heavy (non-hydrogen) atoms. The second kappa shape index (κ2) is 7.46. The van der Waals surface area contributed by atoms with Crippen molar-refractivity contribution in [2.45, 2.75) is 9.79 Å². The topological polar surface area (TPSA) is 72.8 Å². The molecule has 0 aliphatic carbocycles. The Hall–Kier alpha value is -4.16. The van der Waals surface area contributed by atoms with Crippen LogP contribution < -0.4 is 0 Å². The van der Waals surface area contributed by atoms with Crippen LogP contribution in [0.15, 0.2) is 113 Å². The first-order chi connectivity index (χ1) is 20.2. The van der Waals surface area contributed by atoms with Gasteiger partial charge in [-0.15, -0.1) is 0 Å². The van der Waals surface area contributed by atoms with Gasteiger partial charge in [-0.2, -0.15) is 0 Å². The van der Waals surface area contributed by atoms with E-state index in [1.807, 2.05) is 0 Å². The van der Waals surface area contributed by atoms with E-state index in [2.05, 4.69) is 15.0 Å². The van der Waals surface area contributed by atoms with Crippen molar-refractivity contribution >= 4 is 9.84 Å². The first kappa shape index (κ1) is 11.6. The van der Waals surface area contributed by atoms with Crippen LogP contribution in [0.4, 0.5) is 0 Å². The van der Waals surface area contributed by atoms with Crippen molar-refractivity contribution < 1.29 is 22.1 Å². The summed E-state index contributed by atoms with van der Waals surface area (Å²) in [5, 5.41) is 0. The quantitative estimate of drug-likeness (QED) is 0.342. The number of nitrogens with zero attached hydrogens (tertiary/aromatic N) is 3. The van der Waals surface area contributed by atoms with Crippen LogP contribution in [0.5, 0.6) is 0 Å². The summed E-state index contributed by atoms with van der Waals surface area (Å²) in [5.74, 6) is -1.08. The zero-order valence-corrected chi connectivity index (χ0v) is 17.4. The fourth-order valence-electron chi connectivity index (χ4n) is 3.60. The zero-order valence-electron chi connectivity index (χ0n) is 26.6. The molecule has 158 valence electrons. The van der Waals surface area contributed by atoms with Gasteiger partial charge < -0.3 is 0 Å². The number of fused-ring (bicyclic) bond motifs is 3. The fourth-order valence-corrected chi connectivity index (χ4v) is 5.31. The maximum absolute atomic E-state index is 13.4. The highest BCUT2D eigenvalue weighted by Crippen LogP contribution is 2.44. The number of sulfone groups is 1. The van der Waals surface area contributed by atoms with Gasteiger partial charge in [0, 0.05) is 27.8 Å². The van der Waals surface area contributed by atoms with Crippen LogP contribution in [0.1, 0.15) is 13.7 Å². The van der Waals surface area contributed by atoms with E-state index >= 15 is 0 Å². The molecule has 0 atom stereocenters. The third kappa shape index (κ3) is 3.23. The molecule has 5 aromatic rings. The van der Waals surface area contributed by atoms with Crippen LogP contribution in [0, 0.1) is 0 Å². The summed E-state index contributed by atoms with van der Waals surface area (Å²) in [4.78, 5) is 13.0. The van der Waals surface area contributed by atoms with Crippen molar-refractivity contribution in [2.75, 3.05) is 0 Å². The molecule has 2 heterocycles. The Morgan fingerprint density at radius 1 is 0.576 bits per heavy atom. The van der Waals surface area contributed by atoms with Gasteiger partial charge in [-0.05, 0) is 12.1 Å². The highest BCUT2D eigenvalue weighted by Gasteiger charge is 2.33. The van der Waals surface area contributed by atoms with Crippen LogP contribution in [0.25, 0.3) is 45.3 Å². The standard InChI is InChI=1S/C27H17N3O2S/c31-33(32)23-14-8-7-13-21(23)22-16-15-20(17-24(22)33)27-29-25(18-9-3-1-4-10-18)28-26(30-27)19-11-5-2-6-12-19/h1-17H/i1D,2D,3D,4D,5D,6D,9D,10D,11D,12D. The lowest BCUT2D eigenvalue weighted by Gasteiger charge is -2.09. The summed E-state index contributed by atoms with van der Waals surface area (Å²) >= 11 is 0. The number of aromatic nitrogens is 3. The molecular formula is C27H17N3O2S. The van der Waals surface area contributed by atoms with E-state index in [1.165, 1.54) is 18.2 Å². The number of benzene rings is 4. The van der Waals surface area contributed by atoms with Crippen molar-refractivity contribution in [1.82, 2.24) is 15.0 Å². The lowest BCUT2D eigenvalue weighted by Crippen LogP contribution is -2.01. The van der Waals surface area contributed by atoms with Gasteiger partial charge in [0.25, 0.3) is 0 Å². The molecule has 0 bridgehead atoms. The molecule has 0 spiro atoms. The van der Waals surface area contributed by atoms with Crippen LogP contribution >= 0.6 is 0 Å². The summed E-state index contributed by atoms with van der Waals surface area (Å²) in [5.41, 5.74) is 0.276. The van der Waals surface area contributed by atoms with Crippen molar-refractivity contribution in [3.05, 3.63) is 103 Å². The summed E-state index contributed by atoms with van der Waals surface area (Å²) in [6.45, 7) is 0. The minimum atomic E-state index is -3.91. The summed E-state index contributed by atoms with van der Waals surface area (Å²) in [7, 11) is -3.91. The fraction of sp³-hybridized carbons (Fsp3) is 0. The second-order valence-electron chi connectivity index (χ2n) is 7.02. The Bertz CT molecular complexity index is 2030. The Morgan fingerprint density at radius 2 is 1.09 bits per heavy atom. The largest absolute Gasteiger partial charge is 0.218 e. The van der Waals surface area contributed by atoms with Crippen molar-refractivity contribution in [2.24, 2.45) is 0 Å². The molecule has 6 heteroatoms. The lowest BCUT2D eigenvalue weighted by atomic mass is 10.0. The Kier molecular flexibility index (Phi) is 2.63. The van der Waals surface area contributed by atoms with Gasteiger partial charge in [0.2, 0.25) is 9.84 Å².